The van der Waals surface area contributed by atoms with Crippen LogP contribution in [0.4, 0.5) is 0 Å². The Labute approximate surface area is 136 Å². The van der Waals surface area contributed by atoms with Crippen molar-refractivity contribution in [3.8, 4) is 5.75 Å². The molecule has 5 heteroatoms. The molecule has 1 unspecified atom stereocenters. The minimum atomic E-state index is -0.315. The van der Waals surface area contributed by atoms with Gasteiger partial charge in [0.05, 0.1) is 24.4 Å². The van der Waals surface area contributed by atoms with Crippen LogP contribution in [0, 0.1) is 0 Å². The van der Waals surface area contributed by atoms with Crippen LogP contribution in [0.25, 0.3) is 0 Å². The average Bonchev–Trinajstić information content (AvgIpc) is 3.09. The van der Waals surface area contributed by atoms with Crippen LogP contribution >= 0.6 is 0 Å². The lowest BCUT2D eigenvalue weighted by Gasteiger charge is -2.26. The lowest BCUT2D eigenvalue weighted by Crippen LogP contribution is -2.48. The van der Waals surface area contributed by atoms with Gasteiger partial charge in [-0.3, -0.25) is 4.98 Å². The molecule has 122 valence electrons. The standard InChI is InChI=1S/C18H22N2O3/c21-13-18(7-9-22-14-18)20-11-15-4-3-6-17(10-15)23-12-16-5-1-2-8-19-16/h1-6,8,10,20-21H,7,9,11-14H2. The van der Waals surface area contributed by atoms with Gasteiger partial charge in [0, 0.05) is 19.3 Å². The summed E-state index contributed by atoms with van der Waals surface area (Å²) in [6, 6.07) is 13.7. The van der Waals surface area contributed by atoms with Crippen LogP contribution < -0.4 is 10.1 Å². The average molecular weight is 314 g/mol. The molecule has 2 heterocycles. The normalized spacial score (nSPS) is 20.6. The van der Waals surface area contributed by atoms with Gasteiger partial charge < -0.3 is 19.9 Å². The summed E-state index contributed by atoms with van der Waals surface area (Å²) < 4.78 is 11.2. The van der Waals surface area contributed by atoms with Gasteiger partial charge in [0.2, 0.25) is 0 Å². The Balaban J connectivity index is 1.57. The molecule has 0 bridgehead atoms. The van der Waals surface area contributed by atoms with Crippen molar-refractivity contribution in [1.82, 2.24) is 10.3 Å². The molecule has 5 nitrogen and oxygen atoms in total. The van der Waals surface area contributed by atoms with Gasteiger partial charge in [-0.05, 0) is 36.2 Å². The lowest BCUT2D eigenvalue weighted by molar-refractivity contribution is 0.120. The highest BCUT2D eigenvalue weighted by atomic mass is 16.5. The minimum absolute atomic E-state index is 0.0862. The molecule has 0 saturated carbocycles. The van der Waals surface area contributed by atoms with E-state index in [0.29, 0.717) is 26.4 Å². The Bertz CT molecular complexity index is 613. The van der Waals surface area contributed by atoms with Gasteiger partial charge in [-0.1, -0.05) is 18.2 Å². The summed E-state index contributed by atoms with van der Waals surface area (Å²) in [5.41, 5.74) is 1.70. The third-order valence-corrected chi connectivity index (χ3v) is 4.08. The molecule has 0 radical (unpaired) electrons. The highest BCUT2D eigenvalue weighted by molar-refractivity contribution is 5.28. The molecule has 3 rings (SSSR count). The fraction of sp³-hybridized carbons (Fsp3) is 0.389. The molecule has 0 spiro atoms. The zero-order chi connectivity index (χ0) is 16.0. The summed E-state index contributed by atoms with van der Waals surface area (Å²) in [7, 11) is 0. The molecule has 0 amide bonds. The van der Waals surface area contributed by atoms with Crippen molar-refractivity contribution >= 4 is 0 Å². The number of nitrogens with one attached hydrogen (secondary N) is 1. The number of nitrogens with zero attached hydrogens (tertiary/aromatic N) is 1. The third kappa shape index (κ3) is 4.28. The molecule has 1 aliphatic heterocycles. The Morgan fingerprint density at radius 1 is 1.26 bits per heavy atom. The van der Waals surface area contributed by atoms with E-state index in [0.717, 1.165) is 23.4 Å². The molecule has 1 fully saturated rings. The molecular formula is C18H22N2O3. The quantitative estimate of drug-likeness (QED) is 0.817. The van der Waals surface area contributed by atoms with Gasteiger partial charge in [0.15, 0.2) is 0 Å². The predicted octanol–water partition coefficient (Wildman–Crippen LogP) is 1.90. The summed E-state index contributed by atoms with van der Waals surface area (Å²) in [6.07, 6.45) is 2.59. The summed E-state index contributed by atoms with van der Waals surface area (Å²) in [5, 5.41) is 13.0. The van der Waals surface area contributed by atoms with E-state index in [1.807, 2.05) is 42.5 Å². The summed E-state index contributed by atoms with van der Waals surface area (Å²) in [4.78, 5) is 4.25. The molecule has 1 aromatic carbocycles. The van der Waals surface area contributed by atoms with E-state index in [1.54, 1.807) is 6.20 Å². The van der Waals surface area contributed by atoms with Crippen LogP contribution in [0.15, 0.2) is 48.7 Å². The smallest absolute Gasteiger partial charge is 0.130 e. The zero-order valence-corrected chi connectivity index (χ0v) is 13.1. The molecule has 2 aromatic rings. The van der Waals surface area contributed by atoms with Crippen molar-refractivity contribution in [2.45, 2.75) is 25.1 Å². The molecule has 1 atom stereocenters. The second-order valence-electron chi connectivity index (χ2n) is 5.85. The van der Waals surface area contributed by atoms with E-state index in [1.165, 1.54) is 0 Å². The highest BCUT2D eigenvalue weighted by Gasteiger charge is 2.33. The first kappa shape index (κ1) is 15.9. The van der Waals surface area contributed by atoms with Gasteiger partial charge in [0.25, 0.3) is 0 Å². The molecule has 1 saturated heterocycles. The highest BCUT2D eigenvalue weighted by Crippen LogP contribution is 2.20. The molecule has 2 N–H and O–H groups in total. The van der Waals surface area contributed by atoms with Crippen LogP contribution in [-0.4, -0.2) is 35.5 Å². The Kier molecular flexibility index (Phi) is 5.23. The predicted molar refractivity (Wildman–Crippen MR) is 87.1 cm³/mol. The summed E-state index contributed by atoms with van der Waals surface area (Å²) in [6.45, 7) is 2.46. The topological polar surface area (TPSA) is 63.6 Å². The first-order valence-electron chi connectivity index (χ1n) is 7.85. The Morgan fingerprint density at radius 2 is 2.22 bits per heavy atom. The Hall–Kier alpha value is -1.95. The molecule has 1 aromatic heterocycles. The number of pyridine rings is 1. The number of hydrogen-bond donors (Lipinski definition) is 2. The van der Waals surface area contributed by atoms with Crippen molar-refractivity contribution in [3.05, 3.63) is 59.9 Å². The van der Waals surface area contributed by atoms with Gasteiger partial charge in [-0.25, -0.2) is 0 Å². The largest absolute Gasteiger partial charge is 0.487 e. The monoisotopic (exact) mass is 314 g/mol. The molecular weight excluding hydrogens is 292 g/mol. The zero-order valence-electron chi connectivity index (χ0n) is 13.1. The number of hydrogen-bond acceptors (Lipinski definition) is 5. The van der Waals surface area contributed by atoms with Crippen LogP contribution in [0.5, 0.6) is 5.75 Å². The third-order valence-electron chi connectivity index (χ3n) is 4.08. The van der Waals surface area contributed by atoms with Crippen molar-refractivity contribution in [2.75, 3.05) is 19.8 Å². The number of ether oxygens (including phenoxy) is 2. The van der Waals surface area contributed by atoms with Crippen molar-refractivity contribution in [1.29, 1.82) is 0 Å². The maximum atomic E-state index is 9.59. The first-order chi connectivity index (χ1) is 11.3. The SMILES string of the molecule is OCC1(NCc2cccc(OCc3ccccn3)c2)CCOC1. The second kappa shape index (κ2) is 7.55. The van der Waals surface area contributed by atoms with Crippen molar-refractivity contribution in [2.24, 2.45) is 0 Å². The lowest BCUT2D eigenvalue weighted by atomic mass is 9.99. The van der Waals surface area contributed by atoms with Gasteiger partial charge in [-0.15, -0.1) is 0 Å². The molecule has 1 aliphatic rings. The fourth-order valence-electron chi connectivity index (χ4n) is 2.60. The fourth-order valence-corrected chi connectivity index (χ4v) is 2.60. The van der Waals surface area contributed by atoms with E-state index in [9.17, 15) is 5.11 Å². The van der Waals surface area contributed by atoms with Gasteiger partial charge >= 0.3 is 0 Å². The van der Waals surface area contributed by atoms with E-state index in [-0.39, 0.29) is 12.1 Å². The second-order valence-corrected chi connectivity index (χ2v) is 5.85. The number of aliphatic hydroxyl groups is 1. The number of rotatable bonds is 7. The van der Waals surface area contributed by atoms with Gasteiger partial charge in [0.1, 0.15) is 12.4 Å². The maximum absolute atomic E-state index is 9.59. The number of aliphatic hydroxyl groups excluding tert-OH is 1. The molecule has 0 aliphatic carbocycles. The van der Waals surface area contributed by atoms with E-state index >= 15 is 0 Å². The maximum Gasteiger partial charge on any atom is 0.130 e. The van der Waals surface area contributed by atoms with Crippen molar-refractivity contribution in [3.63, 3.8) is 0 Å². The molecule has 23 heavy (non-hydrogen) atoms. The first-order valence-corrected chi connectivity index (χ1v) is 7.85. The van der Waals surface area contributed by atoms with Crippen LogP contribution in [-0.2, 0) is 17.9 Å². The number of benzene rings is 1. The van der Waals surface area contributed by atoms with E-state index in [2.05, 4.69) is 10.3 Å². The summed E-state index contributed by atoms with van der Waals surface area (Å²) in [5.74, 6) is 0.815. The van der Waals surface area contributed by atoms with Crippen molar-refractivity contribution < 1.29 is 14.6 Å². The van der Waals surface area contributed by atoms with Crippen LogP contribution in [0.3, 0.4) is 0 Å². The van der Waals surface area contributed by atoms with E-state index < -0.39 is 0 Å². The summed E-state index contributed by atoms with van der Waals surface area (Å²) >= 11 is 0. The van der Waals surface area contributed by atoms with E-state index in [4.69, 9.17) is 9.47 Å². The van der Waals surface area contributed by atoms with Crippen LogP contribution in [0.1, 0.15) is 17.7 Å². The Morgan fingerprint density at radius 3 is 2.96 bits per heavy atom. The van der Waals surface area contributed by atoms with Crippen LogP contribution in [0.2, 0.25) is 0 Å². The number of aromatic nitrogens is 1. The van der Waals surface area contributed by atoms with Gasteiger partial charge in [-0.2, -0.15) is 0 Å². The minimum Gasteiger partial charge on any atom is -0.487 e.